The summed E-state index contributed by atoms with van der Waals surface area (Å²) in [6, 6.07) is 8.14. The Morgan fingerprint density at radius 1 is 1.17 bits per heavy atom. The van der Waals surface area contributed by atoms with Gasteiger partial charge in [0.15, 0.2) is 5.96 Å². The van der Waals surface area contributed by atoms with Crippen LogP contribution in [0.5, 0.6) is 5.75 Å². The number of nitrogens with zero attached hydrogens (tertiary/aromatic N) is 1. The van der Waals surface area contributed by atoms with Gasteiger partial charge in [0, 0.05) is 26.7 Å². The molecule has 0 bridgehead atoms. The Labute approximate surface area is 156 Å². The van der Waals surface area contributed by atoms with Crippen LogP contribution >= 0.6 is 24.0 Å². The van der Waals surface area contributed by atoms with E-state index in [1.54, 1.807) is 14.2 Å². The van der Waals surface area contributed by atoms with Crippen LogP contribution in [-0.4, -0.2) is 46.4 Å². The number of guanidine groups is 1. The standard InChI is InChI=1S/C17H27N3O2.HI/c1-18-17(20-11-12-22-13-15-3-4-15)19-10-9-14-5-7-16(21-2)8-6-14;/h5-8,15H,3-4,9-13H2,1-2H3,(H2,18,19,20);1H. The molecule has 130 valence electrons. The molecule has 6 heteroatoms. The Balaban J connectivity index is 0.00000264. The highest BCUT2D eigenvalue weighted by Gasteiger charge is 2.20. The van der Waals surface area contributed by atoms with Crippen molar-refractivity contribution in [2.24, 2.45) is 10.9 Å². The molecule has 0 atom stereocenters. The molecular formula is C17H28IN3O2. The fourth-order valence-electron chi connectivity index (χ4n) is 2.11. The predicted octanol–water partition coefficient (Wildman–Crippen LogP) is 2.45. The molecule has 1 fully saturated rings. The first kappa shape index (κ1) is 20.0. The smallest absolute Gasteiger partial charge is 0.191 e. The van der Waals surface area contributed by atoms with Crippen molar-refractivity contribution in [3.05, 3.63) is 29.8 Å². The number of nitrogens with one attached hydrogen (secondary N) is 2. The minimum absolute atomic E-state index is 0. The van der Waals surface area contributed by atoms with Gasteiger partial charge in [0.25, 0.3) is 0 Å². The molecule has 0 radical (unpaired) electrons. The van der Waals surface area contributed by atoms with Crippen LogP contribution in [0.4, 0.5) is 0 Å². The summed E-state index contributed by atoms with van der Waals surface area (Å²) in [4.78, 5) is 4.21. The van der Waals surface area contributed by atoms with Gasteiger partial charge in [-0.3, -0.25) is 4.99 Å². The highest BCUT2D eigenvalue weighted by atomic mass is 127. The molecule has 1 aliphatic carbocycles. The summed E-state index contributed by atoms with van der Waals surface area (Å²) in [5.41, 5.74) is 1.27. The van der Waals surface area contributed by atoms with Crippen molar-refractivity contribution in [3.8, 4) is 5.75 Å². The zero-order valence-electron chi connectivity index (χ0n) is 14.0. The Bertz CT molecular complexity index is 461. The third kappa shape index (κ3) is 8.41. The van der Waals surface area contributed by atoms with Crippen LogP contribution in [0.2, 0.25) is 0 Å². The molecule has 2 rings (SSSR count). The molecule has 0 spiro atoms. The number of hydrogen-bond acceptors (Lipinski definition) is 3. The molecule has 1 aliphatic rings. The Kier molecular flexibility index (Phi) is 10.0. The first-order valence-corrected chi connectivity index (χ1v) is 7.97. The average Bonchev–Trinajstić information content (AvgIpc) is 3.37. The third-order valence-electron chi connectivity index (χ3n) is 3.68. The van der Waals surface area contributed by atoms with Gasteiger partial charge in [-0.25, -0.2) is 0 Å². The fraction of sp³-hybridized carbons (Fsp3) is 0.588. The first-order chi connectivity index (χ1) is 10.8. The van der Waals surface area contributed by atoms with E-state index in [-0.39, 0.29) is 24.0 Å². The van der Waals surface area contributed by atoms with Crippen LogP contribution < -0.4 is 15.4 Å². The summed E-state index contributed by atoms with van der Waals surface area (Å²) in [5, 5.41) is 6.57. The number of benzene rings is 1. The molecule has 5 nitrogen and oxygen atoms in total. The van der Waals surface area contributed by atoms with Crippen LogP contribution in [-0.2, 0) is 11.2 Å². The number of methoxy groups -OCH3 is 1. The van der Waals surface area contributed by atoms with Gasteiger partial charge in [0.2, 0.25) is 0 Å². The third-order valence-corrected chi connectivity index (χ3v) is 3.68. The lowest BCUT2D eigenvalue weighted by atomic mass is 10.1. The summed E-state index contributed by atoms with van der Waals surface area (Å²) in [7, 11) is 3.47. The SMILES string of the molecule is CN=C(NCCOCC1CC1)NCCc1ccc(OC)cc1.I. The second-order valence-electron chi connectivity index (χ2n) is 5.54. The minimum atomic E-state index is 0. The minimum Gasteiger partial charge on any atom is -0.497 e. The maximum atomic E-state index is 5.59. The molecule has 1 aromatic carbocycles. The lowest BCUT2D eigenvalue weighted by Gasteiger charge is -2.12. The van der Waals surface area contributed by atoms with Crippen LogP contribution in [0.15, 0.2) is 29.3 Å². The van der Waals surface area contributed by atoms with Crippen LogP contribution in [0.3, 0.4) is 0 Å². The van der Waals surface area contributed by atoms with Crippen molar-refractivity contribution < 1.29 is 9.47 Å². The molecule has 2 N–H and O–H groups in total. The van der Waals surface area contributed by atoms with E-state index in [0.717, 1.165) is 50.4 Å². The van der Waals surface area contributed by atoms with E-state index < -0.39 is 0 Å². The number of aliphatic imine (C=N–C) groups is 1. The second-order valence-corrected chi connectivity index (χ2v) is 5.54. The van der Waals surface area contributed by atoms with E-state index >= 15 is 0 Å². The lowest BCUT2D eigenvalue weighted by molar-refractivity contribution is 0.129. The normalized spacial score (nSPS) is 14.1. The summed E-state index contributed by atoms with van der Waals surface area (Å²) >= 11 is 0. The quantitative estimate of drug-likeness (QED) is 0.272. The molecule has 0 aromatic heterocycles. The van der Waals surface area contributed by atoms with E-state index in [4.69, 9.17) is 9.47 Å². The lowest BCUT2D eigenvalue weighted by Crippen LogP contribution is -2.39. The van der Waals surface area contributed by atoms with E-state index in [2.05, 4.69) is 27.8 Å². The van der Waals surface area contributed by atoms with Gasteiger partial charge in [0.05, 0.1) is 13.7 Å². The molecule has 0 amide bonds. The van der Waals surface area contributed by atoms with Crippen molar-refractivity contribution in [2.75, 3.05) is 40.5 Å². The summed E-state index contributed by atoms with van der Waals surface area (Å²) in [6.07, 6.45) is 3.62. The molecule has 0 aliphatic heterocycles. The van der Waals surface area contributed by atoms with E-state index in [0.29, 0.717) is 0 Å². The molecule has 0 heterocycles. The number of ether oxygens (including phenoxy) is 2. The van der Waals surface area contributed by atoms with Gasteiger partial charge >= 0.3 is 0 Å². The number of halogens is 1. The molecular weight excluding hydrogens is 405 g/mol. The highest BCUT2D eigenvalue weighted by molar-refractivity contribution is 14.0. The fourth-order valence-corrected chi connectivity index (χ4v) is 2.11. The van der Waals surface area contributed by atoms with Crippen LogP contribution in [0.25, 0.3) is 0 Å². The van der Waals surface area contributed by atoms with E-state index in [9.17, 15) is 0 Å². The topological polar surface area (TPSA) is 54.9 Å². The molecule has 0 unspecified atom stereocenters. The maximum absolute atomic E-state index is 5.59. The van der Waals surface area contributed by atoms with Gasteiger partial charge in [-0.05, 0) is 42.9 Å². The van der Waals surface area contributed by atoms with Gasteiger partial charge in [-0.1, -0.05) is 12.1 Å². The Morgan fingerprint density at radius 2 is 1.87 bits per heavy atom. The average molecular weight is 433 g/mol. The zero-order valence-corrected chi connectivity index (χ0v) is 16.3. The van der Waals surface area contributed by atoms with Gasteiger partial charge in [-0.15, -0.1) is 24.0 Å². The van der Waals surface area contributed by atoms with Gasteiger partial charge < -0.3 is 20.1 Å². The first-order valence-electron chi connectivity index (χ1n) is 7.97. The van der Waals surface area contributed by atoms with Crippen molar-refractivity contribution in [2.45, 2.75) is 19.3 Å². The monoisotopic (exact) mass is 433 g/mol. The zero-order chi connectivity index (χ0) is 15.6. The van der Waals surface area contributed by atoms with E-state index in [1.165, 1.54) is 18.4 Å². The van der Waals surface area contributed by atoms with Crippen molar-refractivity contribution >= 4 is 29.9 Å². The summed E-state index contributed by atoms with van der Waals surface area (Å²) in [5.74, 6) is 2.53. The van der Waals surface area contributed by atoms with Crippen molar-refractivity contribution in [1.29, 1.82) is 0 Å². The molecule has 0 saturated heterocycles. The van der Waals surface area contributed by atoms with Gasteiger partial charge in [-0.2, -0.15) is 0 Å². The number of rotatable bonds is 9. The molecule has 23 heavy (non-hydrogen) atoms. The molecule has 1 saturated carbocycles. The largest absolute Gasteiger partial charge is 0.497 e. The van der Waals surface area contributed by atoms with Crippen molar-refractivity contribution in [3.63, 3.8) is 0 Å². The summed E-state index contributed by atoms with van der Waals surface area (Å²) in [6.45, 7) is 3.27. The Hall–Kier alpha value is -1.02. The molecule has 1 aromatic rings. The van der Waals surface area contributed by atoms with Crippen molar-refractivity contribution in [1.82, 2.24) is 10.6 Å². The number of hydrogen-bond donors (Lipinski definition) is 2. The Morgan fingerprint density at radius 3 is 2.48 bits per heavy atom. The van der Waals surface area contributed by atoms with Crippen LogP contribution in [0, 0.1) is 5.92 Å². The van der Waals surface area contributed by atoms with Gasteiger partial charge in [0.1, 0.15) is 5.75 Å². The van der Waals surface area contributed by atoms with E-state index in [1.807, 2.05) is 12.1 Å². The maximum Gasteiger partial charge on any atom is 0.191 e. The highest BCUT2D eigenvalue weighted by Crippen LogP contribution is 2.28. The second kappa shape index (κ2) is 11.5. The van der Waals surface area contributed by atoms with Crippen LogP contribution in [0.1, 0.15) is 18.4 Å². The predicted molar refractivity (Wildman–Crippen MR) is 105 cm³/mol. The summed E-state index contributed by atoms with van der Waals surface area (Å²) < 4.78 is 10.7.